The number of nitrogens with zero attached hydrogens (tertiary/aromatic N) is 2. The van der Waals surface area contributed by atoms with Crippen molar-refractivity contribution in [1.82, 2.24) is 9.97 Å². The Kier molecular flexibility index (Phi) is 5.33. The molecular formula is C18H15BrN4O3. The van der Waals surface area contributed by atoms with Crippen LogP contribution in [0.2, 0.25) is 0 Å². The van der Waals surface area contributed by atoms with E-state index in [0.717, 1.165) is 11.4 Å². The number of carboxylic acid groups (broad SMARTS) is 1. The van der Waals surface area contributed by atoms with Crippen LogP contribution < -0.4 is 15.4 Å². The van der Waals surface area contributed by atoms with Gasteiger partial charge < -0.3 is 20.5 Å². The van der Waals surface area contributed by atoms with Crippen molar-refractivity contribution in [2.24, 2.45) is 0 Å². The zero-order chi connectivity index (χ0) is 18.5. The molecule has 0 aliphatic rings. The number of benzene rings is 2. The molecule has 0 bridgehead atoms. The fourth-order valence-corrected chi connectivity index (χ4v) is 2.48. The summed E-state index contributed by atoms with van der Waals surface area (Å²) in [5.41, 5.74) is 1.61. The second-order valence-corrected chi connectivity index (χ2v) is 6.11. The fourth-order valence-electron chi connectivity index (χ4n) is 2.19. The molecule has 0 saturated carbocycles. The van der Waals surface area contributed by atoms with Crippen LogP contribution in [0.15, 0.2) is 59.2 Å². The Labute approximate surface area is 158 Å². The van der Waals surface area contributed by atoms with Crippen molar-refractivity contribution >= 4 is 45.0 Å². The molecular weight excluding hydrogens is 400 g/mol. The van der Waals surface area contributed by atoms with Crippen LogP contribution in [-0.2, 0) is 0 Å². The zero-order valence-electron chi connectivity index (χ0n) is 13.7. The molecule has 0 atom stereocenters. The highest BCUT2D eigenvalue weighted by atomic mass is 79.9. The van der Waals surface area contributed by atoms with Crippen LogP contribution in [0, 0.1) is 0 Å². The first-order valence-electron chi connectivity index (χ1n) is 7.59. The number of methoxy groups -OCH3 is 1. The molecule has 2 aromatic carbocycles. The normalized spacial score (nSPS) is 10.2. The highest BCUT2D eigenvalue weighted by Crippen LogP contribution is 2.26. The number of ether oxygens (including phenoxy) is 1. The van der Waals surface area contributed by atoms with Crippen LogP contribution in [0.25, 0.3) is 0 Å². The molecule has 0 spiro atoms. The molecule has 3 aromatic rings. The third kappa shape index (κ3) is 4.28. The first-order chi connectivity index (χ1) is 12.5. The first-order valence-corrected chi connectivity index (χ1v) is 8.38. The largest absolute Gasteiger partial charge is 0.497 e. The Morgan fingerprint density at radius 2 is 1.88 bits per heavy atom. The number of aromatic carboxylic acids is 1. The van der Waals surface area contributed by atoms with E-state index in [0.29, 0.717) is 21.9 Å². The van der Waals surface area contributed by atoms with Crippen molar-refractivity contribution in [2.75, 3.05) is 17.7 Å². The Morgan fingerprint density at radius 3 is 2.58 bits per heavy atom. The molecule has 7 nitrogen and oxygen atoms in total. The Hall–Kier alpha value is -3.13. The van der Waals surface area contributed by atoms with Gasteiger partial charge in [0.15, 0.2) is 0 Å². The molecule has 0 aliphatic heterocycles. The van der Waals surface area contributed by atoms with E-state index in [9.17, 15) is 4.79 Å². The molecule has 26 heavy (non-hydrogen) atoms. The molecule has 0 fully saturated rings. The number of halogens is 1. The van der Waals surface area contributed by atoms with Gasteiger partial charge in [-0.25, -0.2) is 9.78 Å². The summed E-state index contributed by atoms with van der Waals surface area (Å²) in [6, 6.07) is 13.9. The van der Waals surface area contributed by atoms with Gasteiger partial charge in [-0.2, -0.15) is 4.98 Å². The number of hydrogen-bond donors (Lipinski definition) is 3. The molecule has 1 heterocycles. The highest BCUT2D eigenvalue weighted by molar-refractivity contribution is 9.10. The van der Waals surface area contributed by atoms with E-state index in [2.05, 4.69) is 36.5 Å². The smallest absolute Gasteiger partial charge is 0.335 e. The van der Waals surface area contributed by atoms with Gasteiger partial charge >= 0.3 is 5.97 Å². The van der Waals surface area contributed by atoms with E-state index < -0.39 is 5.97 Å². The number of carbonyl (C=O) groups is 1. The predicted molar refractivity (Wildman–Crippen MR) is 103 cm³/mol. The van der Waals surface area contributed by atoms with E-state index in [1.165, 1.54) is 12.1 Å². The van der Waals surface area contributed by atoms with Gasteiger partial charge in [0, 0.05) is 17.6 Å². The summed E-state index contributed by atoms with van der Waals surface area (Å²) in [6.45, 7) is 0. The number of carboxylic acids is 1. The summed E-state index contributed by atoms with van der Waals surface area (Å²) < 4.78 is 5.83. The molecule has 0 unspecified atom stereocenters. The molecule has 1 aromatic heterocycles. The van der Waals surface area contributed by atoms with E-state index >= 15 is 0 Å². The summed E-state index contributed by atoms with van der Waals surface area (Å²) in [4.78, 5) is 19.7. The summed E-state index contributed by atoms with van der Waals surface area (Å²) in [5, 5.41) is 15.3. The molecule has 3 N–H and O–H groups in total. The Morgan fingerprint density at radius 1 is 1.12 bits per heavy atom. The number of anilines is 4. The van der Waals surface area contributed by atoms with Crippen molar-refractivity contribution in [1.29, 1.82) is 0 Å². The molecule has 132 valence electrons. The van der Waals surface area contributed by atoms with Crippen LogP contribution in [0.3, 0.4) is 0 Å². The lowest BCUT2D eigenvalue weighted by Gasteiger charge is -2.11. The van der Waals surface area contributed by atoms with Crippen LogP contribution in [0.4, 0.5) is 23.1 Å². The number of hydrogen-bond acceptors (Lipinski definition) is 6. The van der Waals surface area contributed by atoms with Crippen molar-refractivity contribution in [3.63, 3.8) is 0 Å². The zero-order valence-corrected chi connectivity index (χ0v) is 15.3. The summed E-state index contributed by atoms with van der Waals surface area (Å²) in [7, 11) is 1.61. The molecule has 0 saturated heterocycles. The Bertz CT molecular complexity index is 932. The Balaban J connectivity index is 1.80. The van der Waals surface area contributed by atoms with Crippen LogP contribution in [0.5, 0.6) is 5.75 Å². The minimum Gasteiger partial charge on any atom is -0.497 e. The number of nitrogens with one attached hydrogen (secondary N) is 2. The van der Waals surface area contributed by atoms with Crippen molar-refractivity contribution in [3.8, 4) is 5.75 Å². The number of aromatic nitrogens is 2. The maximum atomic E-state index is 11.1. The van der Waals surface area contributed by atoms with Crippen molar-refractivity contribution in [2.45, 2.75) is 0 Å². The molecule has 0 radical (unpaired) electrons. The monoisotopic (exact) mass is 414 g/mol. The van der Waals surface area contributed by atoms with Gasteiger partial charge in [0.2, 0.25) is 5.95 Å². The third-order valence-electron chi connectivity index (χ3n) is 3.46. The average Bonchev–Trinajstić information content (AvgIpc) is 2.65. The van der Waals surface area contributed by atoms with Gasteiger partial charge in [0.1, 0.15) is 11.6 Å². The molecule has 0 aliphatic carbocycles. The lowest BCUT2D eigenvalue weighted by Crippen LogP contribution is -2.03. The average molecular weight is 415 g/mol. The van der Waals surface area contributed by atoms with Gasteiger partial charge in [0.25, 0.3) is 0 Å². The predicted octanol–water partition coefficient (Wildman–Crippen LogP) is 4.43. The van der Waals surface area contributed by atoms with Crippen LogP contribution in [0.1, 0.15) is 10.4 Å². The minimum absolute atomic E-state index is 0.184. The van der Waals surface area contributed by atoms with E-state index in [4.69, 9.17) is 9.84 Å². The van der Waals surface area contributed by atoms with E-state index in [-0.39, 0.29) is 5.56 Å². The van der Waals surface area contributed by atoms with E-state index in [1.54, 1.807) is 25.4 Å². The lowest BCUT2D eigenvalue weighted by atomic mass is 10.2. The van der Waals surface area contributed by atoms with Crippen molar-refractivity contribution in [3.05, 3.63) is 64.8 Å². The SMILES string of the molecule is COc1ccc(Nc2nc(Nc3cccc(C(=O)O)c3)ncc2Br)cc1. The lowest BCUT2D eigenvalue weighted by molar-refractivity contribution is 0.0697. The van der Waals surface area contributed by atoms with Gasteiger partial charge in [-0.3, -0.25) is 0 Å². The molecule has 3 rings (SSSR count). The topological polar surface area (TPSA) is 96.4 Å². The second-order valence-electron chi connectivity index (χ2n) is 5.25. The standard InChI is InChI=1S/C18H15BrN4O3/c1-26-14-7-5-12(6-8-14)21-16-15(19)10-20-18(23-16)22-13-4-2-3-11(9-13)17(24)25/h2-10H,1H3,(H,24,25)(H2,20,21,22,23). The van der Waals surface area contributed by atoms with Gasteiger partial charge in [-0.15, -0.1) is 0 Å². The maximum Gasteiger partial charge on any atom is 0.335 e. The highest BCUT2D eigenvalue weighted by Gasteiger charge is 2.08. The first kappa shape index (κ1) is 17.7. The van der Waals surface area contributed by atoms with Crippen molar-refractivity contribution < 1.29 is 14.6 Å². The van der Waals surface area contributed by atoms with Gasteiger partial charge in [-0.1, -0.05) is 6.07 Å². The maximum absolute atomic E-state index is 11.1. The molecule has 0 amide bonds. The third-order valence-corrected chi connectivity index (χ3v) is 4.04. The minimum atomic E-state index is -0.993. The van der Waals surface area contributed by atoms with Gasteiger partial charge in [-0.05, 0) is 58.4 Å². The fraction of sp³-hybridized carbons (Fsp3) is 0.0556. The summed E-state index contributed by atoms with van der Waals surface area (Å²) >= 11 is 3.41. The van der Waals surface area contributed by atoms with Crippen LogP contribution in [-0.4, -0.2) is 28.2 Å². The number of rotatable bonds is 6. The summed E-state index contributed by atoms with van der Waals surface area (Å²) in [6.07, 6.45) is 1.61. The quantitative estimate of drug-likeness (QED) is 0.548. The second kappa shape index (κ2) is 7.83. The summed E-state index contributed by atoms with van der Waals surface area (Å²) in [5.74, 6) is 0.680. The van der Waals surface area contributed by atoms with Gasteiger partial charge in [0.05, 0.1) is 17.1 Å². The van der Waals surface area contributed by atoms with E-state index in [1.807, 2.05) is 24.3 Å². The van der Waals surface area contributed by atoms with Crippen LogP contribution >= 0.6 is 15.9 Å². The molecule has 8 heteroatoms.